The zero-order valence-corrected chi connectivity index (χ0v) is 13.2. The third-order valence-electron chi connectivity index (χ3n) is 2.88. The van der Waals surface area contributed by atoms with Crippen LogP contribution in [0.15, 0.2) is 18.2 Å². The molecular formula is C15H22ClNO3. The molecule has 112 valence electrons. The van der Waals surface area contributed by atoms with Crippen LogP contribution < -0.4 is 10.1 Å². The molecule has 0 bridgehead atoms. The Morgan fingerprint density at radius 1 is 1.40 bits per heavy atom. The number of nitrogens with one attached hydrogen (secondary N) is 1. The molecule has 0 radical (unpaired) electrons. The summed E-state index contributed by atoms with van der Waals surface area (Å²) in [6.07, 6.45) is 0.324. The average Bonchev–Trinajstić information content (AvgIpc) is 2.36. The van der Waals surface area contributed by atoms with Gasteiger partial charge in [0.2, 0.25) is 0 Å². The Morgan fingerprint density at radius 2 is 2.10 bits per heavy atom. The second-order valence-electron chi connectivity index (χ2n) is 5.19. The highest BCUT2D eigenvalue weighted by Crippen LogP contribution is 2.25. The third-order valence-corrected chi connectivity index (χ3v) is 3.17. The molecule has 0 aliphatic carbocycles. The van der Waals surface area contributed by atoms with Crippen LogP contribution in [0.4, 0.5) is 0 Å². The number of esters is 1. The van der Waals surface area contributed by atoms with Crippen LogP contribution in [0, 0.1) is 0 Å². The monoisotopic (exact) mass is 299 g/mol. The van der Waals surface area contributed by atoms with Gasteiger partial charge < -0.3 is 14.8 Å². The Kier molecular flexibility index (Phi) is 6.30. The molecule has 0 aliphatic heterocycles. The zero-order chi connectivity index (χ0) is 15.2. The van der Waals surface area contributed by atoms with Crippen LogP contribution in [0.3, 0.4) is 0 Å². The molecule has 20 heavy (non-hydrogen) atoms. The van der Waals surface area contributed by atoms with Gasteiger partial charge in [-0.15, -0.1) is 0 Å². The standard InChI is InChI=1S/C15H22ClNO3/c1-5-20-14(18)9-15(2,3)17-10-11-6-7-13(19-4)12(16)8-11/h6-8,17H,5,9-10H2,1-4H3. The second-order valence-corrected chi connectivity index (χ2v) is 5.60. The lowest BCUT2D eigenvalue weighted by Gasteiger charge is -2.25. The summed E-state index contributed by atoms with van der Waals surface area (Å²) in [5.74, 6) is 0.457. The molecule has 5 heteroatoms. The summed E-state index contributed by atoms with van der Waals surface area (Å²) in [6, 6.07) is 5.63. The highest BCUT2D eigenvalue weighted by molar-refractivity contribution is 6.32. The van der Waals surface area contributed by atoms with E-state index < -0.39 is 0 Å². The van der Waals surface area contributed by atoms with Crippen molar-refractivity contribution in [3.8, 4) is 5.75 Å². The second kappa shape index (κ2) is 7.50. The Morgan fingerprint density at radius 3 is 2.65 bits per heavy atom. The molecule has 0 aliphatic rings. The number of ether oxygens (including phenoxy) is 2. The van der Waals surface area contributed by atoms with E-state index in [4.69, 9.17) is 21.1 Å². The summed E-state index contributed by atoms with van der Waals surface area (Å²) in [5, 5.41) is 3.91. The predicted molar refractivity (Wildman–Crippen MR) is 80.2 cm³/mol. The van der Waals surface area contributed by atoms with Crippen molar-refractivity contribution in [3.05, 3.63) is 28.8 Å². The number of halogens is 1. The lowest BCUT2D eigenvalue weighted by molar-refractivity contribution is -0.144. The molecule has 0 amide bonds. The van der Waals surface area contributed by atoms with Crippen LogP contribution in [0.5, 0.6) is 5.75 Å². The minimum atomic E-state index is -0.335. The van der Waals surface area contributed by atoms with Gasteiger partial charge in [-0.2, -0.15) is 0 Å². The maximum Gasteiger partial charge on any atom is 0.307 e. The molecule has 1 N–H and O–H groups in total. The normalized spacial score (nSPS) is 11.2. The van der Waals surface area contributed by atoms with Gasteiger partial charge in [-0.1, -0.05) is 17.7 Å². The summed E-state index contributed by atoms with van der Waals surface area (Å²) >= 11 is 6.08. The van der Waals surface area contributed by atoms with Gasteiger partial charge in [-0.05, 0) is 38.5 Å². The molecule has 0 aromatic heterocycles. The Hall–Kier alpha value is -1.26. The summed E-state index contributed by atoms with van der Waals surface area (Å²) in [7, 11) is 1.58. The van der Waals surface area contributed by atoms with Crippen LogP contribution in [0.1, 0.15) is 32.8 Å². The molecule has 1 rings (SSSR count). The summed E-state index contributed by atoms with van der Waals surface area (Å²) in [5.41, 5.74) is 0.700. The van der Waals surface area contributed by atoms with Crippen molar-refractivity contribution < 1.29 is 14.3 Å². The maximum absolute atomic E-state index is 11.5. The molecule has 0 spiro atoms. The van der Waals surface area contributed by atoms with E-state index in [1.807, 2.05) is 32.0 Å². The predicted octanol–water partition coefficient (Wildman–Crippen LogP) is 3.17. The number of carbonyl (C=O) groups is 1. The minimum Gasteiger partial charge on any atom is -0.495 e. The highest BCUT2D eigenvalue weighted by atomic mass is 35.5. The first-order chi connectivity index (χ1) is 9.38. The van der Waals surface area contributed by atoms with Crippen LogP contribution in [-0.4, -0.2) is 25.2 Å². The van der Waals surface area contributed by atoms with E-state index in [9.17, 15) is 4.79 Å². The van der Waals surface area contributed by atoms with Gasteiger partial charge in [0.25, 0.3) is 0 Å². The highest BCUT2D eigenvalue weighted by Gasteiger charge is 2.22. The van der Waals surface area contributed by atoms with Crippen LogP contribution >= 0.6 is 11.6 Å². The smallest absolute Gasteiger partial charge is 0.307 e. The SMILES string of the molecule is CCOC(=O)CC(C)(C)NCc1ccc(OC)c(Cl)c1. The number of hydrogen-bond acceptors (Lipinski definition) is 4. The van der Waals surface area contributed by atoms with E-state index in [1.165, 1.54) is 0 Å². The molecule has 0 fully saturated rings. The van der Waals surface area contributed by atoms with Gasteiger partial charge in [-0.3, -0.25) is 4.79 Å². The van der Waals surface area contributed by atoms with E-state index in [-0.39, 0.29) is 11.5 Å². The van der Waals surface area contributed by atoms with Gasteiger partial charge in [0.15, 0.2) is 0 Å². The summed E-state index contributed by atoms with van der Waals surface area (Å²) in [6.45, 7) is 6.76. The van der Waals surface area contributed by atoms with Crippen molar-refractivity contribution in [1.82, 2.24) is 5.32 Å². The van der Waals surface area contributed by atoms with Gasteiger partial charge in [0, 0.05) is 12.1 Å². The lowest BCUT2D eigenvalue weighted by atomic mass is 10.0. The average molecular weight is 300 g/mol. The Balaban J connectivity index is 2.57. The van der Waals surface area contributed by atoms with Crippen molar-refractivity contribution in [3.63, 3.8) is 0 Å². The first-order valence-corrected chi connectivity index (χ1v) is 6.99. The van der Waals surface area contributed by atoms with Crippen molar-refractivity contribution in [2.75, 3.05) is 13.7 Å². The summed E-state index contributed by atoms with van der Waals surface area (Å²) < 4.78 is 10.1. The Labute approximate surface area is 125 Å². The molecular weight excluding hydrogens is 278 g/mol. The quantitative estimate of drug-likeness (QED) is 0.786. The minimum absolute atomic E-state index is 0.197. The van der Waals surface area contributed by atoms with E-state index in [2.05, 4.69) is 5.32 Å². The lowest BCUT2D eigenvalue weighted by Crippen LogP contribution is -2.41. The van der Waals surface area contributed by atoms with Crippen LogP contribution in [0.2, 0.25) is 5.02 Å². The topological polar surface area (TPSA) is 47.6 Å². The third kappa shape index (κ3) is 5.39. The molecule has 1 aromatic carbocycles. The largest absolute Gasteiger partial charge is 0.495 e. The van der Waals surface area contributed by atoms with Crippen molar-refractivity contribution >= 4 is 17.6 Å². The van der Waals surface area contributed by atoms with E-state index in [0.717, 1.165) is 5.56 Å². The van der Waals surface area contributed by atoms with Gasteiger partial charge in [-0.25, -0.2) is 0 Å². The maximum atomic E-state index is 11.5. The fraction of sp³-hybridized carbons (Fsp3) is 0.533. The fourth-order valence-electron chi connectivity index (χ4n) is 1.80. The van der Waals surface area contributed by atoms with Crippen molar-refractivity contribution in [1.29, 1.82) is 0 Å². The van der Waals surface area contributed by atoms with E-state index in [1.54, 1.807) is 14.0 Å². The molecule has 4 nitrogen and oxygen atoms in total. The molecule has 0 atom stereocenters. The van der Waals surface area contributed by atoms with Gasteiger partial charge in [0.1, 0.15) is 5.75 Å². The van der Waals surface area contributed by atoms with Crippen molar-refractivity contribution in [2.45, 2.75) is 39.3 Å². The number of benzene rings is 1. The number of hydrogen-bond donors (Lipinski definition) is 1. The fourth-order valence-corrected chi connectivity index (χ4v) is 2.08. The summed E-state index contributed by atoms with van der Waals surface area (Å²) in [4.78, 5) is 11.5. The first-order valence-electron chi connectivity index (χ1n) is 6.61. The number of methoxy groups -OCH3 is 1. The molecule has 0 saturated heterocycles. The van der Waals surface area contributed by atoms with E-state index in [0.29, 0.717) is 30.3 Å². The Bertz CT molecular complexity index is 460. The van der Waals surface area contributed by atoms with Gasteiger partial charge >= 0.3 is 5.97 Å². The zero-order valence-electron chi connectivity index (χ0n) is 12.5. The van der Waals surface area contributed by atoms with Crippen LogP contribution in [-0.2, 0) is 16.1 Å². The van der Waals surface area contributed by atoms with Crippen molar-refractivity contribution in [2.24, 2.45) is 0 Å². The van der Waals surface area contributed by atoms with E-state index >= 15 is 0 Å². The number of rotatable bonds is 7. The molecule has 1 aromatic rings. The molecule has 0 heterocycles. The van der Waals surface area contributed by atoms with Crippen LogP contribution in [0.25, 0.3) is 0 Å². The molecule has 0 saturated carbocycles. The number of carbonyl (C=O) groups excluding carboxylic acids is 1. The first kappa shape index (κ1) is 16.8. The van der Waals surface area contributed by atoms with Gasteiger partial charge in [0.05, 0.1) is 25.2 Å². The molecule has 0 unspecified atom stereocenters.